The summed E-state index contributed by atoms with van der Waals surface area (Å²) in [5.74, 6) is -1.39. The number of carbonyl (C=O) groups excluding carboxylic acids is 2. The van der Waals surface area contributed by atoms with Gasteiger partial charge in [-0.3, -0.25) is 14.4 Å². The molecule has 0 aromatic heterocycles. The average Bonchev–Trinajstić information content (AvgIpc) is 2.79. The van der Waals surface area contributed by atoms with Gasteiger partial charge in [-0.2, -0.15) is 5.10 Å². The third-order valence-corrected chi connectivity index (χ3v) is 3.90. The second-order valence-corrected chi connectivity index (χ2v) is 5.48. The number of nitrogens with one attached hydrogen (secondary N) is 1. The van der Waals surface area contributed by atoms with Crippen LogP contribution in [0.4, 0.5) is 0 Å². The van der Waals surface area contributed by atoms with E-state index in [0.29, 0.717) is 25.0 Å². The zero-order valence-electron chi connectivity index (χ0n) is 11.5. The van der Waals surface area contributed by atoms with Crippen molar-refractivity contribution in [3.05, 3.63) is 0 Å². The van der Waals surface area contributed by atoms with E-state index >= 15 is 0 Å². The van der Waals surface area contributed by atoms with Crippen molar-refractivity contribution < 1.29 is 19.5 Å². The van der Waals surface area contributed by atoms with E-state index in [0.717, 1.165) is 17.9 Å². The number of rotatable bonds is 4. The van der Waals surface area contributed by atoms with Crippen molar-refractivity contribution in [3.8, 4) is 0 Å². The van der Waals surface area contributed by atoms with E-state index in [4.69, 9.17) is 5.11 Å². The molecule has 0 unspecified atom stereocenters. The fraction of sp³-hybridized carbons (Fsp3) is 0.692. The van der Waals surface area contributed by atoms with Crippen LogP contribution in [0.3, 0.4) is 0 Å². The van der Waals surface area contributed by atoms with Gasteiger partial charge in [-0.1, -0.05) is 12.8 Å². The molecule has 110 valence electrons. The minimum atomic E-state index is -0.912. The Balaban J connectivity index is 2.07. The summed E-state index contributed by atoms with van der Waals surface area (Å²) in [6.45, 7) is 0. The molecule has 7 heteroatoms. The Hall–Kier alpha value is -1.92. The summed E-state index contributed by atoms with van der Waals surface area (Å²) in [6.07, 6.45) is 3.67. The van der Waals surface area contributed by atoms with Gasteiger partial charge >= 0.3 is 5.97 Å². The smallest absolute Gasteiger partial charge is 0.305 e. The van der Waals surface area contributed by atoms with Gasteiger partial charge in [0, 0.05) is 19.9 Å². The largest absolute Gasteiger partial charge is 0.481 e. The van der Waals surface area contributed by atoms with Gasteiger partial charge in [0.05, 0.1) is 12.0 Å². The molecule has 1 saturated carbocycles. The molecule has 0 radical (unpaired) electrons. The first-order chi connectivity index (χ1) is 9.42. The van der Waals surface area contributed by atoms with Crippen molar-refractivity contribution in [2.24, 2.45) is 5.10 Å². The molecule has 0 bridgehead atoms. The number of carboxylic acid groups (broad SMARTS) is 1. The average molecular weight is 281 g/mol. The highest BCUT2D eigenvalue weighted by atomic mass is 16.4. The molecule has 1 fully saturated rings. The molecule has 2 rings (SSSR count). The van der Waals surface area contributed by atoms with Crippen LogP contribution in [0.5, 0.6) is 0 Å². The molecular weight excluding hydrogens is 262 g/mol. The molecule has 0 aromatic carbocycles. The summed E-state index contributed by atoms with van der Waals surface area (Å²) >= 11 is 0. The third-order valence-electron chi connectivity index (χ3n) is 3.90. The minimum absolute atomic E-state index is 0.0687. The van der Waals surface area contributed by atoms with Gasteiger partial charge in [0.2, 0.25) is 5.91 Å². The first-order valence-corrected chi connectivity index (χ1v) is 6.80. The van der Waals surface area contributed by atoms with Crippen LogP contribution in [-0.2, 0) is 14.4 Å². The molecule has 0 aromatic rings. The fourth-order valence-corrected chi connectivity index (χ4v) is 2.83. The van der Waals surface area contributed by atoms with E-state index in [9.17, 15) is 14.4 Å². The summed E-state index contributed by atoms with van der Waals surface area (Å²) in [5, 5.41) is 17.0. The Bertz CT molecular complexity index is 466. The van der Waals surface area contributed by atoms with Crippen LogP contribution in [-0.4, -0.2) is 46.2 Å². The third kappa shape index (κ3) is 3.15. The van der Waals surface area contributed by atoms with Gasteiger partial charge in [-0.15, -0.1) is 0 Å². The number of nitrogens with zero attached hydrogens (tertiary/aromatic N) is 2. The van der Waals surface area contributed by atoms with E-state index < -0.39 is 11.5 Å². The molecule has 0 atom stereocenters. The number of hydrogen-bond acceptors (Lipinski definition) is 4. The minimum Gasteiger partial charge on any atom is -0.481 e. The lowest BCUT2D eigenvalue weighted by Crippen LogP contribution is -2.51. The predicted molar refractivity (Wildman–Crippen MR) is 71.0 cm³/mol. The monoisotopic (exact) mass is 281 g/mol. The second-order valence-electron chi connectivity index (χ2n) is 5.48. The molecular formula is C13H19N3O4. The molecule has 0 saturated heterocycles. The van der Waals surface area contributed by atoms with Crippen molar-refractivity contribution in [1.29, 1.82) is 0 Å². The Morgan fingerprint density at radius 1 is 1.35 bits per heavy atom. The summed E-state index contributed by atoms with van der Waals surface area (Å²) in [6, 6.07) is 0. The Kier molecular flexibility index (Phi) is 4.06. The molecule has 1 aliphatic carbocycles. The number of aliphatic carboxylic acids is 1. The normalized spacial score (nSPS) is 21.6. The quantitative estimate of drug-likeness (QED) is 0.783. The molecule has 0 spiro atoms. The van der Waals surface area contributed by atoms with E-state index in [1.54, 1.807) is 0 Å². The molecule has 2 amide bonds. The Morgan fingerprint density at radius 3 is 2.55 bits per heavy atom. The SMILES string of the molecule is CN1N=C(C(=O)NC2(CC(=O)O)CCCC2)CCC1=O. The molecule has 2 aliphatic rings. The molecule has 1 aliphatic heterocycles. The van der Waals surface area contributed by atoms with Gasteiger partial charge in [0.1, 0.15) is 5.71 Å². The van der Waals surface area contributed by atoms with Gasteiger partial charge in [-0.25, -0.2) is 5.01 Å². The van der Waals surface area contributed by atoms with E-state index in [-0.39, 0.29) is 24.7 Å². The van der Waals surface area contributed by atoms with Crippen LogP contribution in [0.1, 0.15) is 44.9 Å². The zero-order valence-corrected chi connectivity index (χ0v) is 11.5. The van der Waals surface area contributed by atoms with Crippen LogP contribution in [0, 0.1) is 0 Å². The molecule has 20 heavy (non-hydrogen) atoms. The fourth-order valence-electron chi connectivity index (χ4n) is 2.83. The topological polar surface area (TPSA) is 99.1 Å². The van der Waals surface area contributed by atoms with Gasteiger partial charge in [0.25, 0.3) is 5.91 Å². The van der Waals surface area contributed by atoms with Crippen LogP contribution >= 0.6 is 0 Å². The van der Waals surface area contributed by atoms with Crippen LogP contribution in [0.25, 0.3) is 0 Å². The standard InChI is InChI=1S/C13H19N3O4/c1-16-10(17)5-4-9(15-16)12(20)14-13(8-11(18)19)6-2-3-7-13/h2-8H2,1H3,(H,14,20)(H,18,19). The van der Waals surface area contributed by atoms with Crippen molar-refractivity contribution in [1.82, 2.24) is 10.3 Å². The number of hydrogen-bond donors (Lipinski definition) is 2. The van der Waals surface area contributed by atoms with Crippen molar-refractivity contribution in [3.63, 3.8) is 0 Å². The van der Waals surface area contributed by atoms with Crippen molar-refractivity contribution >= 4 is 23.5 Å². The summed E-state index contributed by atoms with van der Waals surface area (Å²) in [7, 11) is 1.51. The van der Waals surface area contributed by atoms with Crippen LogP contribution in [0.15, 0.2) is 5.10 Å². The zero-order chi connectivity index (χ0) is 14.8. The second kappa shape index (κ2) is 5.60. The molecule has 2 N–H and O–H groups in total. The van der Waals surface area contributed by atoms with Crippen LogP contribution < -0.4 is 5.32 Å². The number of carbonyl (C=O) groups is 3. The number of amides is 2. The van der Waals surface area contributed by atoms with E-state index in [1.165, 1.54) is 7.05 Å². The van der Waals surface area contributed by atoms with E-state index in [2.05, 4.69) is 10.4 Å². The van der Waals surface area contributed by atoms with Crippen molar-refractivity contribution in [2.45, 2.75) is 50.5 Å². The highest BCUT2D eigenvalue weighted by Gasteiger charge is 2.38. The number of carboxylic acids is 1. The maximum Gasteiger partial charge on any atom is 0.305 e. The lowest BCUT2D eigenvalue weighted by Gasteiger charge is -2.29. The summed E-state index contributed by atoms with van der Waals surface area (Å²) < 4.78 is 0. The maximum absolute atomic E-state index is 12.2. The van der Waals surface area contributed by atoms with E-state index in [1.807, 2.05) is 0 Å². The lowest BCUT2D eigenvalue weighted by atomic mass is 9.92. The summed E-state index contributed by atoms with van der Waals surface area (Å²) in [5.41, 5.74) is -0.366. The Morgan fingerprint density at radius 2 is 2.00 bits per heavy atom. The first kappa shape index (κ1) is 14.5. The molecule has 1 heterocycles. The van der Waals surface area contributed by atoms with Gasteiger partial charge < -0.3 is 10.4 Å². The first-order valence-electron chi connectivity index (χ1n) is 6.80. The lowest BCUT2D eigenvalue weighted by molar-refractivity contribution is -0.139. The highest BCUT2D eigenvalue weighted by molar-refractivity contribution is 6.39. The maximum atomic E-state index is 12.2. The van der Waals surface area contributed by atoms with Crippen molar-refractivity contribution in [2.75, 3.05) is 7.05 Å². The molecule has 7 nitrogen and oxygen atoms in total. The Labute approximate surface area is 117 Å². The highest BCUT2D eigenvalue weighted by Crippen LogP contribution is 2.32. The van der Waals surface area contributed by atoms with Crippen LogP contribution in [0.2, 0.25) is 0 Å². The summed E-state index contributed by atoms with van der Waals surface area (Å²) in [4.78, 5) is 34.5. The predicted octanol–water partition coefficient (Wildman–Crippen LogP) is 0.498. The van der Waals surface area contributed by atoms with Gasteiger partial charge in [0.15, 0.2) is 0 Å². The van der Waals surface area contributed by atoms with Gasteiger partial charge in [-0.05, 0) is 12.8 Å². The number of hydrazone groups is 1.